The summed E-state index contributed by atoms with van der Waals surface area (Å²) in [5.41, 5.74) is 5.02. The van der Waals surface area contributed by atoms with Crippen molar-refractivity contribution in [2.75, 3.05) is 75.2 Å². The maximum atomic E-state index is 13.1. The van der Waals surface area contributed by atoms with Crippen molar-refractivity contribution in [3.63, 3.8) is 0 Å². The first kappa shape index (κ1) is 44.9. The van der Waals surface area contributed by atoms with E-state index >= 15 is 0 Å². The summed E-state index contributed by atoms with van der Waals surface area (Å²) >= 11 is 0. The van der Waals surface area contributed by atoms with Crippen molar-refractivity contribution in [1.82, 2.24) is 19.8 Å². The highest BCUT2D eigenvalue weighted by molar-refractivity contribution is 6.09. The maximum absolute atomic E-state index is 13.1. The second kappa shape index (κ2) is 19.4. The molecule has 0 radical (unpaired) electrons. The number of nitrogens with zero attached hydrogens (tertiary/aromatic N) is 6. The Balaban J connectivity index is 0.000000718. The van der Waals surface area contributed by atoms with Crippen LogP contribution in [0.25, 0.3) is 0 Å². The molecule has 0 spiro atoms. The lowest BCUT2D eigenvalue weighted by Gasteiger charge is -2.30. The zero-order valence-electron chi connectivity index (χ0n) is 33.8. The van der Waals surface area contributed by atoms with Crippen LogP contribution in [0.15, 0.2) is 24.3 Å². The van der Waals surface area contributed by atoms with E-state index in [1.54, 1.807) is 81.4 Å². The van der Waals surface area contributed by atoms with Gasteiger partial charge in [-0.2, -0.15) is 4.90 Å². The molecule has 0 aliphatic rings. The molecule has 0 aliphatic carbocycles. The average Bonchev–Trinajstić information content (AvgIpc) is 2.90. The first-order valence-electron chi connectivity index (χ1n) is 17.3. The van der Waals surface area contributed by atoms with E-state index < -0.39 is 35.1 Å². The molecule has 0 bridgehead atoms. The zero-order chi connectivity index (χ0) is 39.3. The fourth-order valence-electron chi connectivity index (χ4n) is 4.32. The molecule has 3 N–H and O–H groups in total. The molecule has 2 aromatic heterocycles. The Kier molecular flexibility index (Phi) is 17.1. The Morgan fingerprint density at radius 1 is 0.647 bits per heavy atom. The first-order chi connectivity index (χ1) is 23.3. The summed E-state index contributed by atoms with van der Waals surface area (Å²) < 4.78 is 16.6. The number of pyridine rings is 2. The Labute approximate surface area is 306 Å². The van der Waals surface area contributed by atoms with Crippen molar-refractivity contribution in [3.8, 4) is 0 Å². The third-order valence-electron chi connectivity index (χ3n) is 6.28. The van der Waals surface area contributed by atoms with Crippen molar-refractivity contribution >= 4 is 41.6 Å². The Morgan fingerprint density at radius 2 is 1.10 bits per heavy atom. The van der Waals surface area contributed by atoms with Crippen LogP contribution in [-0.2, 0) is 14.2 Å². The van der Waals surface area contributed by atoms with E-state index in [-0.39, 0.29) is 11.6 Å². The summed E-state index contributed by atoms with van der Waals surface area (Å²) in [7, 11) is 8.03. The predicted molar refractivity (Wildman–Crippen MR) is 206 cm³/mol. The van der Waals surface area contributed by atoms with Crippen LogP contribution in [0.5, 0.6) is 0 Å². The Morgan fingerprint density at radius 3 is 1.57 bits per heavy atom. The number of rotatable bonds is 11. The largest absolute Gasteiger partial charge is 0.443 e. The number of imide groups is 1. The van der Waals surface area contributed by atoms with Crippen molar-refractivity contribution < 1.29 is 28.6 Å². The van der Waals surface area contributed by atoms with Gasteiger partial charge in [-0.3, -0.25) is 4.90 Å². The molecule has 0 saturated heterocycles. The molecule has 14 nitrogen and oxygen atoms in total. The minimum atomic E-state index is -0.933. The van der Waals surface area contributed by atoms with Crippen LogP contribution in [0, 0.1) is 13.8 Å². The van der Waals surface area contributed by atoms with E-state index in [1.807, 2.05) is 38.1 Å². The minimum absolute atomic E-state index is 0.0188. The molecular formula is C37H64N8O6. The molecule has 14 heteroatoms. The van der Waals surface area contributed by atoms with Crippen LogP contribution in [0.4, 0.5) is 37.7 Å². The summed E-state index contributed by atoms with van der Waals surface area (Å²) in [6.45, 7) is 22.4. The molecule has 3 amide bonds. The van der Waals surface area contributed by atoms with Gasteiger partial charge >= 0.3 is 18.3 Å². The number of anilines is 4. The number of hydrogen-bond donors (Lipinski definition) is 2. The normalized spacial score (nSPS) is 11.8. The molecule has 0 saturated carbocycles. The number of aryl methyl sites for hydroxylation is 2. The molecular weight excluding hydrogens is 652 g/mol. The summed E-state index contributed by atoms with van der Waals surface area (Å²) in [5.74, 6) is 1.67. The number of aromatic nitrogens is 2. The average molecular weight is 717 g/mol. The lowest BCUT2D eigenvalue weighted by atomic mass is 10.2. The third-order valence-corrected chi connectivity index (χ3v) is 6.28. The van der Waals surface area contributed by atoms with Gasteiger partial charge < -0.3 is 35.1 Å². The molecule has 0 aliphatic heterocycles. The van der Waals surface area contributed by atoms with Gasteiger partial charge in [-0.15, -0.1) is 0 Å². The molecule has 2 heterocycles. The smallest absolute Gasteiger partial charge is 0.425 e. The molecule has 288 valence electrons. The van der Waals surface area contributed by atoms with Crippen molar-refractivity contribution in [2.45, 2.75) is 106 Å². The number of nitrogen functional groups attached to an aromatic ring is 1. The second-order valence-corrected chi connectivity index (χ2v) is 16.0. The van der Waals surface area contributed by atoms with E-state index in [9.17, 15) is 14.4 Å². The van der Waals surface area contributed by atoms with E-state index in [1.165, 1.54) is 4.90 Å². The van der Waals surface area contributed by atoms with Crippen LogP contribution < -0.4 is 20.9 Å². The number of ether oxygens (including phenoxy) is 3. The standard InChI is InChI=1S/C26H44N4O6.C11H20N4/c1-18-16-19(29(15-13-14-28(11)12)21(31)34-24(2,3)4)27-20(17-18)30(22(32)35-25(5,6)7)23(33)36-26(8,9)10;1-9-7-10(12)14-11(8-9)13-5-4-6-15(2)3/h16-17H,13-15H2,1-12H3;7-8H,4-6H2,1-3H3,(H3,12,13,14). The summed E-state index contributed by atoms with van der Waals surface area (Å²) in [6, 6.07) is 7.13. The number of hydrogen-bond acceptors (Lipinski definition) is 12. The fraction of sp³-hybridized carbons (Fsp3) is 0.649. The highest BCUT2D eigenvalue weighted by atomic mass is 16.6. The third kappa shape index (κ3) is 19.1. The fourth-order valence-corrected chi connectivity index (χ4v) is 4.32. The topological polar surface area (TPSA) is 156 Å². The van der Waals surface area contributed by atoms with Crippen LogP contribution in [-0.4, -0.2) is 109 Å². The van der Waals surface area contributed by atoms with Gasteiger partial charge in [0.2, 0.25) is 0 Å². The number of nitrogens with one attached hydrogen (secondary N) is 1. The van der Waals surface area contributed by atoms with Crippen LogP contribution >= 0.6 is 0 Å². The number of carbonyl (C=O) groups excluding carboxylic acids is 3. The molecule has 2 aromatic rings. The number of nitrogens with two attached hydrogens (primary N) is 1. The quantitative estimate of drug-likeness (QED) is 0.180. The van der Waals surface area contributed by atoms with Gasteiger partial charge in [0.1, 0.15) is 34.3 Å². The predicted octanol–water partition coefficient (Wildman–Crippen LogP) is 7.10. The van der Waals surface area contributed by atoms with Crippen molar-refractivity contribution in [3.05, 3.63) is 35.4 Å². The van der Waals surface area contributed by atoms with E-state index in [0.717, 1.165) is 42.3 Å². The molecule has 0 unspecified atom stereocenters. The minimum Gasteiger partial charge on any atom is -0.443 e. The Bertz CT molecular complexity index is 1380. The van der Waals surface area contributed by atoms with Gasteiger partial charge in [-0.25, -0.2) is 24.4 Å². The monoisotopic (exact) mass is 716 g/mol. The molecule has 51 heavy (non-hydrogen) atoms. The van der Waals surface area contributed by atoms with Gasteiger partial charge in [0.15, 0.2) is 5.82 Å². The van der Waals surface area contributed by atoms with Crippen LogP contribution in [0.3, 0.4) is 0 Å². The second-order valence-electron chi connectivity index (χ2n) is 16.0. The van der Waals surface area contributed by atoms with Crippen LogP contribution in [0.2, 0.25) is 0 Å². The number of amides is 3. The summed E-state index contributed by atoms with van der Waals surface area (Å²) in [4.78, 5) is 54.4. The lowest BCUT2D eigenvalue weighted by molar-refractivity contribution is 0.0428. The Hall–Kier alpha value is -4.17. The summed E-state index contributed by atoms with van der Waals surface area (Å²) in [6.07, 6.45) is -0.692. The van der Waals surface area contributed by atoms with Crippen molar-refractivity contribution in [2.24, 2.45) is 0 Å². The van der Waals surface area contributed by atoms with Gasteiger partial charge in [0.05, 0.1) is 0 Å². The van der Waals surface area contributed by atoms with Gasteiger partial charge in [0.25, 0.3) is 0 Å². The molecule has 0 fully saturated rings. The van der Waals surface area contributed by atoms with E-state index in [0.29, 0.717) is 24.3 Å². The molecule has 0 aromatic carbocycles. The van der Waals surface area contributed by atoms with Crippen molar-refractivity contribution in [1.29, 1.82) is 0 Å². The SMILES string of the molecule is Cc1cc(N(CCCN(C)C)C(=O)OC(C)(C)C)nc(N(C(=O)OC(C)(C)C)C(=O)OC(C)(C)C)c1.Cc1cc(N)nc(NCCCN(C)C)c1. The number of carbonyl (C=O) groups is 3. The van der Waals surface area contributed by atoms with Crippen LogP contribution in [0.1, 0.15) is 86.3 Å². The lowest BCUT2D eigenvalue weighted by Crippen LogP contribution is -2.44. The van der Waals surface area contributed by atoms with E-state index in [2.05, 4.69) is 34.3 Å². The highest BCUT2D eigenvalue weighted by Gasteiger charge is 2.35. The summed E-state index contributed by atoms with van der Waals surface area (Å²) in [5, 5.41) is 3.26. The first-order valence-corrected chi connectivity index (χ1v) is 17.3. The molecule has 2 rings (SSSR count). The van der Waals surface area contributed by atoms with Gasteiger partial charge in [-0.1, -0.05) is 0 Å². The highest BCUT2D eigenvalue weighted by Crippen LogP contribution is 2.26. The van der Waals surface area contributed by atoms with E-state index in [4.69, 9.17) is 19.9 Å². The zero-order valence-corrected chi connectivity index (χ0v) is 33.8. The molecule has 0 atom stereocenters. The maximum Gasteiger partial charge on any atom is 0.425 e. The van der Waals surface area contributed by atoms with Gasteiger partial charge in [0, 0.05) is 13.1 Å². The van der Waals surface area contributed by atoms with Gasteiger partial charge in [-0.05, 0) is 166 Å².